The summed E-state index contributed by atoms with van der Waals surface area (Å²) in [5, 5.41) is 12.9. The number of aryl methyl sites for hydroxylation is 1. The number of carbonyl (C=O) groups is 1. The maximum absolute atomic E-state index is 10.9. The SMILES string of the molecule is Cc1ccnc(-n2ncc(C(=O)O)c2C)c1. The van der Waals surface area contributed by atoms with Gasteiger partial charge in [-0.3, -0.25) is 0 Å². The van der Waals surface area contributed by atoms with Crippen LogP contribution in [-0.2, 0) is 0 Å². The maximum atomic E-state index is 10.9. The molecule has 82 valence electrons. The number of carboxylic acid groups (broad SMARTS) is 1. The monoisotopic (exact) mass is 217 g/mol. The lowest BCUT2D eigenvalue weighted by atomic mass is 10.2. The standard InChI is InChI=1S/C11H11N3O2/c1-7-3-4-12-10(5-7)14-8(2)9(6-13-14)11(15)16/h3-6H,1-2H3,(H,15,16). The highest BCUT2D eigenvalue weighted by atomic mass is 16.4. The van der Waals surface area contributed by atoms with Crippen LogP contribution in [0.1, 0.15) is 21.6 Å². The van der Waals surface area contributed by atoms with E-state index in [1.54, 1.807) is 13.1 Å². The molecule has 0 unspecified atom stereocenters. The van der Waals surface area contributed by atoms with Gasteiger partial charge in [0, 0.05) is 6.20 Å². The molecule has 0 atom stereocenters. The summed E-state index contributed by atoms with van der Waals surface area (Å²) in [5.74, 6) is -0.346. The summed E-state index contributed by atoms with van der Waals surface area (Å²) in [6, 6.07) is 3.73. The first kappa shape index (κ1) is 10.4. The number of hydrogen-bond acceptors (Lipinski definition) is 3. The molecule has 0 aliphatic heterocycles. The Morgan fingerprint density at radius 3 is 2.75 bits per heavy atom. The van der Waals surface area contributed by atoms with E-state index in [9.17, 15) is 4.79 Å². The molecule has 0 bridgehead atoms. The van der Waals surface area contributed by atoms with Crippen molar-refractivity contribution >= 4 is 5.97 Å². The third-order valence-electron chi connectivity index (χ3n) is 2.36. The van der Waals surface area contributed by atoms with Crippen molar-refractivity contribution in [2.75, 3.05) is 0 Å². The third kappa shape index (κ3) is 1.67. The normalized spacial score (nSPS) is 10.4. The zero-order valence-corrected chi connectivity index (χ0v) is 9.01. The van der Waals surface area contributed by atoms with Gasteiger partial charge in [-0.2, -0.15) is 5.10 Å². The van der Waals surface area contributed by atoms with Gasteiger partial charge in [0.1, 0.15) is 5.56 Å². The lowest BCUT2D eigenvalue weighted by Gasteiger charge is -2.03. The number of aromatic nitrogens is 3. The maximum Gasteiger partial charge on any atom is 0.339 e. The summed E-state index contributed by atoms with van der Waals surface area (Å²) in [6.07, 6.45) is 3.01. The molecule has 0 aliphatic carbocycles. The molecule has 0 aromatic carbocycles. The molecule has 0 aliphatic rings. The van der Waals surface area contributed by atoms with Crippen molar-refractivity contribution in [2.24, 2.45) is 0 Å². The van der Waals surface area contributed by atoms with E-state index in [1.807, 2.05) is 19.1 Å². The Kier molecular flexibility index (Phi) is 2.44. The molecule has 0 saturated heterocycles. The van der Waals surface area contributed by atoms with Crippen LogP contribution >= 0.6 is 0 Å². The predicted octanol–water partition coefficient (Wildman–Crippen LogP) is 1.58. The topological polar surface area (TPSA) is 68.0 Å². The molecule has 0 spiro atoms. The summed E-state index contributed by atoms with van der Waals surface area (Å²) in [4.78, 5) is 15.0. The average Bonchev–Trinajstić information content (AvgIpc) is 2.60. The highest BCUT2D eigenvalue weighted by Gasteiger charge is 2.14. The molecule has 2 aromatic rings. The van der Waals surface area contributed by atoms with E-state index in [4.69, 9.17) is 5.11 Å². The molecule has 0 radical (unpaired) electrons. The Bertz CT molecular complexity index is 546. The number of aromatic carboxylic acids is 1. The van der Waals surface area contributed by atoms with Gasteiger partial charge in [-0.05, 0) is 31.5 Å². The fraction of sp³-hybridized carbons (Fsp3) is 0.182. The summed E-state index contributed by atoms with van der Waals surface area (Å²) in [5.41, 5.74) is 1.82. The minimum Gasteiger partial charge on any atom is -0.478 e. The molecular weight excluding hydrogens is 206 g/mol. The van der Waals surface area contributed by atoms with Gasteiger partial charge >= 0.3 is 5.97 Å². The number of nitrogens with zero attached hydrogens (tertiary/aromatic N) is 3. The average molecular weight is 217 g/mol. The van der Waals surface area contributed by atoms with Crippen LogP contribution in [0.5, 0.6) is 0 Å². The Labute approximate surface area is 92.4 Å². The lowest BCUT2D eigenvalue weighted by molar-refractivity contribution is 0.0696. The molecule has 0 saturated carbocycles. The first-order chi connectivity index (χ1) is 7.59. The van der Waals surface area contributed by atoms with Gasteiger partial charge in [0.2, 0.25) is 0 Å². The van der Waals surface area contributed by atoms with Crippen LogP contribution in [0.25, 0.3) is 5.82 Å². The van der Waals surface area contributed by atoms with Crippen LogP contribution < -0.4 is 0 Å². The fourth-order valence-electron chi connectivity index (χ4n) is 1.49. The highest BCUT2D eigenvalue weighted by Crippen LogP contribution is 2.12. The molecule has 0 amide bonds. The Morgan fingerprint density at radius 1 is 1.44 bits per heavy atom. The first-order valence-corrected chi connectivity index (χ1v) is 4.80. The molecule has 1 N–H and O–H groups in total. The summed E-state index contributed by atoms with van der Waals surface area (Å²) < 4.78 is 1.52. The van der Waals surface area contributed by atoms with E-state index in [-0.39, 0.29) is 5.56 Å². The second-order valence-corrected chi connectivity index (χ2v) is 3.55. The van der Waals surface area contributed by atoms with E-state index in [2.05, 4.69) is 10.1 Å². The van der Waals surface area contributed by atoms with Crippen LogP contribution in [0.15, 0.2) is 24.5 Å². The highest BCUT2D eigenvalue weighted by molar-refractivity contribution is 5.88. The van der Waals surface area contributed by atoms with Crippen molar-refractivity contribution in [3.05, 3.63) is 41.3 Å². The molecule has 0 fully saturated rings. The number of pyridine rings is 1. The third-order valence-corrected chi connectivity index (χ3v) is 2.36. The van der Waals surface area contributed by atoms with Crippen molar-refractivity contribution in [1.29, 1.82) is 0 Å². The zero-order valence-electron chi connectivity index (χ0n) is 9.01. The van der Waals surface area contributed by atoms with E-state index in [0.717, 1.165) is 5.56 Å². The summed E-state index contributed by atoms with van der Waals surface area (Å²) in [6.45, 7) is 3.66. The van der Waals surface area contributed by atoms with Gasteiger partial charge < -0.3 is 5.11 Å². The molecular formula is C11H11N3O2. The largest absolute Gasteiger partial charge is 0.478 e. The smallest absolute Gasteiger partial charge is 0.339 e. The van der Waals surface area contributed by atoms with Gasteiger partial charge in [0.15, 0.2) is 5.82 Å². The van der Waals surface area contributed by atoms with Gasteiger partial charge in [-0.25, -0.2) is 14.5 Å². The van der Waals surface area contributed by atoms with Crippen molar-refractivity contribution in [3.8, 4) is 5.82 Å². The fourth-order valence-corrected chi connectivity index (χ4v) is 1.49. The van der Waals surface area contributed by atoms with E-state index in [1.165, 1.54) is 10.9 Å². The Morgan fingerprint density at radius 2 is 2.19 bits per heavy atom. The molecule has 16 heavy (non-hydrogen) atoms. The Balaban J connectivity index is 2.53. The second kappa shape index (κ2) is 3.77. The summed E-state index contributed by atoms with van der Waals surface area (Å²) >= 11 is 0. The minimum absolute atomic E-state index is 0.198. The summed E-state index contributed by atoms with van der Waals surface area (Å²) in [7, 11) is 0. The van der Waals surface area contributed by atoms with Gasteiger partial charge in [0.25, 0.3) is 0 Å². The van der Waals surface area contributed by atoms with Gasteiger partial charge in [-0.1, -0.05) is 0 Å². The Hall–Kier alpha value is -2.17. The zero-order chi connectivity index (χ0) is 11.7. The molecule has 2 aromatic heterocycles. The number of hydrogen-bond donors (Lipinski definition) is 1. The molecule has 2 rings (SSSR count). The van der Waals surface area contributed by atoms with Crippen molar-refractivity contribution in [1.82, 2.24) is 14.8 Å². The van der Waals surface area contributed by atoms with Crippen molar-refractivity contribution in [3.63, 3.8) is 0 Å². The number of rotatable bonds is 2. The van der Waals surface area contributed by atoms with E-state index < -0.39 is 5.97 Å². The van der Waals surface area contributed by atoms with Crippen LogP contribution in [0.2, 0.25) is 0 Å². The first-order valence-electron chi connectivity index (χ1n) is 4.80. The molecule has 5 heteroatoms. The van der Waals surface area contributed by atoms with Crippen LogP contribution in [-0.4, -0.2) is 25.8 Å². The van der Waals surface area contributed by atoms with Gasteiger partial charge in [0.05, 0.1) is 11.9 Å². The minimum atomic E-state index is -0.976. The van der Waals surface area contributed by atoms with Crippen LogP contribution in [0, 0.1) is 13.8 Å². The van der Waals surface area contributed by atoms with E-state index in [0.29, 0.717) is 11.5 Å². The predicted molar refractivity (Wildman–Crippen MR) is 57.8 cm³/mol. The quantitative estimate of drug-likeness (QED) is 0.829. The van der Waals surface area contributed by atoms with Gasteiger partial charge in [-0.15, -0.1) is 0 Å². The van der Waals surface area contributed by atoms with Crippen LogP contribution in [0.3, 0.4) is 0 Å². The second-order valence-electron chi connectivity index (χ2n) is 3.55. The van der Waals surface area contributed by atoms with Crippen molar-refractivity contribution in [2.45, 2.75) is 13.8 Å². The molecule has 2 heterocycles. The lowest BCUT2D eigenvalue weighted by Crippen LogP contribution is -2.04. The molecule has 5 nitrogen and oxygen atoms in total. The number of carboxylic acids is 1. The van der Waals surface area contributed by atoms with Crippen molar-refractivity contribution < 1.29 is 9.90 Å². The van der Waals surface area contributed by atoms with Crippen LogP contribution in [0.4, 0.5) is 0 Å². The van der Waals surface area contributed by atoms with E-state index >= 15 is 0 Å².